The zero-order chi connectivity index (χ0) is 17.9. The largest absolute Gasteiger partial charge is 0.497 e. The minimum Gasteiger partial charge on any atom is -0.497 e. The summed E-state index contributed by atoms with van der Waals surface area (Å²) in [6.07, 6.45) is 4.21. The zero-order valence-corrected chi connectivity index (χ0v) is 15.0. The van der Waals surface area contributed by atoms with Crippen molar-refractivity contribution in [3.8, 4) is 5.75 Å². The molecule has 0 unspecified atom stereocenters. The third-order valence-corrected chi connectivity index (χ3v) is 5.72. The quantitative estimate of drug-likeness (QED) is 0.691. The number of fused-ring (bicyclic) bond motifs is 1. The van der Waals surface area contributed by atoms with Crippen molar-refractivity contribution in [3.05, 3.63) is 40.2 Å². The molecule has 0 bridgehead atoms. The molecule has 1 aromatic carbocycles. The van der Waals surface area contributed by atoms with Crippen LogP contribution >= 0.6 is 0 Å². The van der Waals surface area contributed by atoms with Crippen LogP contribution in [-0.2, 0) is 16.6 Å². The third-order valence-electron chi connectivity index (χ3n) is 4.49. The van der Waals surface area contributed by atoms with Gasteiger partial charge in [0.2, 0.25) is 0 Å². The molecular formula is C17H23N3O4S. The molecular weight excluding hydrogens is 342 g/mol. The van der Waals surface area contributed by atoms with Crippen LogP contribution in [0.2, 0.25) is 0 Å². The molecule has 2 aromatic rings. The van der Waals surface area contributed by atoms with Gasteiger partial charge >= 0.3 is 0 Å². The normalized spacial score (nSPS) is 15.7. The van der Waals surface area contributed by atoms with Crippen molar-refractivity contribution in [1.29, 1.82) is 0 Å². The molecule has 25 heavy (non-hydrogen) atoms. The van der Waals surface area contributed by atoms with Gasteiger partial charge in [-0.1, -0.05) is 12.8 Å². The summed E-state index contributed by atoms with van der Waals surface area (Å²) >= 11 is 0. The Bertz CT molecular complexity index is 902. The van der Waals surface area contributed by atoms with Crippen LogP contribution in [0.15, 0.2) is 29.1 Å². The van der Waals surface area contributed by atoms with Crippen molar-refractivity contribution in [1.82, 2.24) is 14.4 Å². The minimum absolute atomic E-state index is 0.0246. The summed E-state index contributed by atoms with van der Waals surface area (Å²) in [6.45, 7) is 0.173. The molecule has 0 spiro atoms. The first-order chi connectivity index (χ1) is 12.0. The van der Waals surface area contributed by atoms with Crippen molar-refractivity contribution >= 4 is 21.1 Å². The van der Waals surface area contributed by atoms with Gasteiger partial charge in [0.05, 0.1) is 12.6 Å². The molecule has 1 aliphatic rings. The number of nitrogens with one attached hydrogen (secondary N) is 3. The summed E-state index contributed by atoms with van der Waals surface area (Å²) < 4.78 is 34.4. The van der Waals surface area contributed by atoms with Crippen molar-refractivity contribution in [2.45, 2.75) is 38.1 Å². The number of pyridine rings is 1. The molecule has 7 nitrogen and oxygen atoms in total. The highest BCUT2D eigenvalue weighted by Crippen LogP contribution is 2.19. The number of rotatable bonds is 7. The second-order valence-corrected chi connectivity index (χ2v) is 7.86. The SMILES string of the molecule is COc1ccc2cc(CCNS(=O)(=O)NC3CCCC3)c(=O)[nH]c2c1. The van der Waals surface area contributed by atoms with Crippen LogP contribution in [0.5, 0.6) is 5.75 Å². The lowest BCUT2D eigenvalue weighted by molar-refractivity contribution is 0.415. The first-order valence-corrected chi connectivity index (χ1v) is 9.92. The number of methoxy groups -OCH3 is 1. The highest BCUT2D eigenvalue weighted by atomic mass is 32.2. The molecule has 1 saturated carbocycles. The lowest BCUT2D eigenvalue weighted by Crippen LogP contribution is -2.42. The molecule has 0 atom stereocenters. The fourth-order valence-corrected chi connectivity index (χ4v) is 4.29. The molecule has 3 rings (SSSR count). The van der Waals surface area contributed by atoms with E-state index in [0.717, 1.165) is 31.1 Å². The van der Waals surface area contributed by atoms with Crippen LogP contribution in [0.25, 0.3) is 10.9 Å². The van der Waals surface area contributed by atoms with Gasteiger partial charge in [-0.15, -0.1) is 0 Å². The molecule has 8 heteroatoms. The van der Waals surface area contributed by atoms with Gasteiger partial charge in [0, 0.05) is 24.2 Å². The van der Waals surface area contributed by atoms with Crippen molar-refractivity contribution in [2.24, 2.45) is 0 Å². The highest BCUT2D eigenvalue weighted by Gasteiger charge is 2.20. The number of aromatic nitrogens is 1. The maximum Gasteiger partial charge on any atom is 0.277 e. The van der Waals surface area contributed by atoms with E-state index in [1.54, 1.807) is 19.2 Å². The van der Waals surface area contributed by atoms with E-state index in [9.17, 15) is 13.2 Å². The van der Waals surface area contributed by atoms with Gasteiger partial charge in [-0.25, -0.2) is 4.72 Å². The van der Waals surface area contributed by atoms with E-state index in [0.29, 0.717) is 23.3 Å². The lowest BCUT2D eigenvalue weighted by atomic mass is 10.1. The molecule has 1 aliphatic carbocycles. The second-order valence-electron chi connectivity index (χ2n) is 6.32. The number of ether oxygens (including phenoxy) is 1. The van der Waals surface area contributed by atoms with E-state index in [1.807, 2.05) is 12.1 Å². The molecule has 1 fully saturated rings. The van der Waals surface area contributed by atoms with E-state index in [4.69, 9.17) is 4.74 Å². The summed E-state index contributed by atoms with van der Waals surface area (Å²) in [4.78, 5) is 15.0. The number of H-pyrrole nitrogens is 1. The van der Waals surface area contributed by atoms with E-state index < -0.39 is 10.2 Å². The Morgan fingerprint density at radius 2 is 2.00 bits per heavy atom. The Morgan fingerprint density at radius 3 is 2.72 bits per heavy atom. The summed E-state index contributed by atoms with van der Waals surface area (Å²) in [5.41, 5.74) is 1.02. The van der Waals surface area contributed by atoms with Crippen LogP contribution in [0.4, 0.5) is 0 Å². The van der Waals surface area contributed by atoms with E-state index in [2.05, 4.69) is 14.4 Å². The molecule has 0 saturated heterocycles. The topological polar surface area (TPSA) is 100 Å². The standard InChI is InChI=1S/C17H23N3O4S/c1-24-15-7-6-12-10-13(17(21)19-16(12)11-15)8-9-18-25(22,23)20-14-4-2-3-5-14/h6-7,10-11,14,18,20H,2-5,8-9H2,1H3,(H,19,21). The van der Waals surface area contributed by atoms with E-state index in [1.165, 1.54) is 0 Å². The lowest BCUT2D eigenvalue weighted by Gasteiger charge is -2.13. The van der Waals surface area contributed by atoms with Gasteiger partial charge in [-0.2, -0.15) is 13.1 Å². The smallest absolute Gasteiger partial charge is 0.277 e. The maximum absolute atomic E-state index is 12.2. The molecule has 0 aliphatic heterocycles. The second kappa shape index (κ2) is 7.55. The number of aromatic amines is 1. The third kappa shape index (κ3) is 4.59. The summed E-state index contributed by atoms with van der Waals surface area (Å²) in [5.74, 6) is 0.668. The summed E-state index contributed by atoms with van der Waals surface area (Å²) in [6, 6.07) is 7.25. The van der Waals surface area contributed by atoms with Gasteiger partial charge in [-0.05, 0) is 42.8 Å². The van der Waals surface area contributed by atoms with Crippen LogP contribution < -0.4 is 19.7 Å². The predicted octanol–water partition coefficient (Wildman–Crippen LogP) is 1.45. The van der Waals surface area contributed by atoms with Crippen LogP contribution in [0.3, 0.4) is 0 Å². The fraction of sp³-hybridized carbons (Fsp3) is 0.471. The Balaban J connectivity index is 1.64. The Morgan fingerprint density at radius 1 is 1.24 bits per heavy atom. The first-order valence-electron chi connectivity index (χ1n) is 8.44. The van der Waals surface area contributed by atoms with Crippen molar-refractivity contribution < 1.29 is 13.2 Å². The van der Waals surface area contributed by atoms with Crippen LogP contribution in [-0.4, -0.2) is 33.1 Å². The van der Waals surface area contributed by atoms with E-state index in [-0.39, 0.29) is 18.1 Å². The van der Waals surface area contributed by atoms with Crippen LogP contribution in [0, 0.1) is 0 Å². The molecule has 0 amide bonds. The fourth-order valence-electron chi connectivity index (χ4n) is 3.16. The predicted molar refractivity (Wildman–Crippen MR) is 97.1 cm³/mol. The highest BCUT2D eigenvalue weighted by molar-refractivity contribution is 7.87. The van der Waals surface area contributed by atoms with Gasteiger partial charge in [0.15, 0.2) is 0 Å². The van der Waals surface area contributed by atoms with Gasteiger partial charge in [0.25, 0.3) is 15.8 Å². The van der Waals surface area contributed by atoms with Crippen molar-refractivity contribution in [3.63, 3.8) is 0 Å². The zero-order valence-electron chi connectivity index (χ0n) is 14.2. The number of benzene rings is 1. The average Bonchev–Trinajstić information content (AvgIpc) is 3.06. The van der Waals surface area contributed by atoms with Gasteiger partial charge in [-0.3, -0.25) is 4.79 Å². The molecule has 0 radical (unpaired) electrons. The molecule has 1 aromatic heterocycles. The molecule has 3 N–H and O–H groups in total. The monoisotopic (exact) mass is 365 g/mol. The Kier molecular flexibility index (Phi) is 5.41. The van der Waals surface area contributed by atoms with Gasteiger partial charge < -0.3 is 9.72 Å². The van der Waals surface area contributed by atoms with Crippen LogP contribution in [0.1, 0.15) is 31.2 Å². The number of hydrogen-bond acceptors (Lipinski definition) is 4. The van der Waals surface area contributed by atoms with Crippen molar-refractivity contribution in [2.75, 3.05) is 13.7 Å². The van der Waals surface area contributed by atoms with E-state index >= 15 is 0 Å². The Hall–Kier alpha value is -1.90. The summed E-state index contributed by atoms with van der Waals surface area (Å²) in [7, 11) is -1.96. The first kappa shape index (κ1) is 17.9. The summed E-state index contributed by atoms with van der Waals surface area (Å²) in [5, 5.41) is 0.877. The Labute approximate surface area is 147 Å². The molecule has 1 heterocycles. The maximum atomic E-state index is 12.2. The average molecular weight is 365 g/mol. The van der Waals surface area contributed by atoms with Gasteiger partial charge in [0.1, 0.15) is 5.75 Å². The number of hydrogen-bond donors (Lipinski definition) is 3. The minimum atomic E-state index is -3.53. The molecule has 136 valence electrons.